The van der Waals surface area contributed by atoms with Gasteiger partial charge in [-0.05, 0) is 111 Å². The van der Waals surface area contributed by atoms with E-state index in [4.69, 9.17) is 0 Å². The first-order valence-electron chi connectivity index (χ1n) is 11.8. The molecule has 0 spiro atoms. The molecule has 4 aliphatic carbocycles. The lowest BCUT2D eigenvalue weighted by Gasteiger charge is -2.62. The Morgan fingerprint density at radius 3 is 2.17 bits per heavy atom. The van der Waals surface area contributed by atoms with Gasteiger partial charge in [-0.2, -0.15) is 13.2 Å². The highest BCUT2D eigenvalue weighted by Gasteiger charge is 2.62. The summed E-state index contributed by atoms with van der Waals surface area (Å²) in [4.78, 5) is 0. The predicted molar refractivity (Wildman–Crippen MR) is 107 cm³/mol. The van der Waals surface area contributed by atoms with E-state index in [1.54, 1.807) is 6.92 Å². The second-order valence-electron chi connectivity index (χ2n) is 11.9. The molecule has 0 aliphatic heterocycles. The fourth-order valence-corrected chi connectivity index (χ4v) is 8.85. The minimum Gasteiger partial charge on any atom is -0.390 e. The van der Waals surface area contributed by atoms with Gasteiger partial charge in [0.15, 0.2) is 6.10 Å². The first-order valence-corrected chi connectivity index (χ1v) is 11.8. The van der Waals surface area contributed by atoms with Crippen LogP contribution < -0.4 is 0 Å². The van der Waals surface area contributed by atoms with E-state index in [9.17, 15) is 23.4 Å². The number of fused-ring (bicyclic) bond motifs is 5. The molecule has 4 rings (SSSR count). The molecule has 0 saturated heterocycles. The van der Waals surface area contributed by atoms with Gasteiger partial charge in [0.05, 0.1) is 5.60 Å². The molecule has 4 aliphatic rings. The summed E-state index contributed by atoms with van der Waals surface area (Å²) in [5, 5.41) is 20.6. The Kier molecular flexibility index (Phi) is 5.18. The van der Waals surface area contributed by atoms with Gasteiger partial charge in [-0.1, -0.05) is 20.8 Å². The monoisotopic (exact) mass is 416 g/mol. The van der Waals surface area contributed by atoms with Crippen LogP contribution in [0, 0.1) is 46.3 Å². The number of aliphatic hydroxyl groups is 2. The van der Waals surface area contributed by atoms with Gasteiger partial charge < -0.3 is 10.2 Å². The highest BCUT2D eigenvalue weighted by Crippen LogP contribution is 2.69. The highest BCUT2D eigenvalue weighted by atomic mass is 19.4. The molecular formula is C24H39F3O2. The molecule has 4 saturated carbocycles. The van der Waals surface area contributed by atoms with Gasteiger partial charge in [0.1, 0.15) is 0 Å². The van der Waals surface area contributed by atoms with Crippen molar-refractivity contribution in [2.24, 2.45) is 46.3 Å². The Morgan fingerprint density at radius 1 is 0.862 bits per heavy atom. The molecule has 0 radical (unpaired) electrons. The molecule has 0 bridgehead atoms. The quantitative estimate of drug-likeness (QED) is 0.583. The lowest BCUT2D eigenvalue weighted by molar-refractivity contribution is -0.228. The molecule has 2 N–H and O–H groups in total. The molecule has 5 heteroatoms. The molecule has 0 heterocycles. The number of halogens is 3. The molecule has 0 unspecified atom stereocenters. The summed E-state index contributed by atoms with van der Waals surface area (Å²) in [6.07, 6.45) is 2.29. The topological polar surface area (TPSA) is 40.5 Å². The second-order valence-corrected chi connectivity index (χ2v) is 11.9. The normalized spacial score (nSPS) is 52.2. The third-order valence-electron chi connectivity index (χ3n) is 10.5. The molecule has 0 aromatic rings. The van der Waals surface area contributed by atoms with E-state index in [2.05, 4.69) is 13.8 Å². The number of aliphatic hydroxyl groups excluding tert-OH is 1. The van der Waals surface area contributed by atoms with Crippen LogP contribution in [0.1, 0.15) is 85.5 Å². The van der Waals surface area contributed by atoms with Crippen molar-refractivity contribution in [1.82, 2.24) is 0 Å². The summed E-state index contributed by atoms with van der Waals surface area (Å²) < 4.78 is 39.6. The van der Waals surface area contributed by atoms with Crippen molar-refractivity contribution in [1.29, 1.82) is 0 Å². The molecular weight excluding hydrogens is 377 g/mol. The fraction of sp³-hybridized carbons (Fsp3) is 1.00. The Balaban J connectivity index is 1.55. The molecule has 168 valence electrons. The van der Waals surface area contributed by atoms with Crippen LogP contribution >= 0.6 is 0 Å². The summed E-state index contributed by atoms with van der Waals surface area (Å²) in [7, 11) is 0. The second kappa shape index (κ2) is 6.85. The number of hydrogen-bond donors (Lipinski definition) is 2. The van der Waals surface area contributed by atoms with Gasteiger partial charge in [-0.25, -0.2) is 0 Å². The van der Waals surface area contributed by atoms with E-state index in [0.717, 1.165) is 57.8 Å². The molecule has 0 aromatic heterocycles. The van der Waals surface area contributed by atoms with Gasteiger partial charge in [0.25, 0.3) is 0 Å². The van der Waals surface area contributed by atoms with Crippen LogP contribution in [0.2, 0.25) is 0 Å². The van der Waals surface area contributed by atoms with E-state index in [-0.39, 0.29) is 16.7 Å². The maximum absolute atomic E-state index is 13.2. The molecule has 2 nitrogen and oxygen atoms in total. The zero-order valence-electron chi connectivity index (χ0n) is 18.4. The number of alkyl halides is 3. The lowest BCUT2D eigenvalue weighted by atomic mass is 9.43. The third-order valence-corrected chi connectivity index (χ3v) is 10.5. The van der Waals surface area contributed by atoms with Crippen molar-refractivity contribution in [3.63, 3.8) is 0 Å². The minimum absolute atomic E-state index is 0.0531. The van der Waals surface area contributed by atoms with Crippen molar-refractivity contribution in [3.05, 3.63) is 0 Å². The molecule has 29 heavy (non-hydrogen) atoms. The van der Waals surface area contributed by atoms with E-state index in [1.165, 1.54) is 0 Å². The van der Waals surface area contributed by atoms with Crippen molar-refractivity contribution in [2.75, 3.05) is 0 Å². The maximum atomic E-state index is 13.2. The van der Waals surface area contributed by atoms with E-state index in [1.807, 2.05) is 6.92 Å². The zero-order chi connectivity index (χ0) is 21.4. The van der Waals surface area contributed by atoms with Crippen LogP contribution in [-0.4, -0.2) is 28.1 Å². The number of hydrogen-bond acceptors (Lipinski definition) is 2. The van der Waals surface area contributed by atoms with Crippen molar-refractivity contribution < 1.29 is 23.4 Å². The van der Waals surface area contributed by atoms with Crippen LogP contribution in [0.25, 0.3) is 0 Å². The number of rotatable bonds is 2. The smallest absolute Gasteiger partial charge is 0.390 e. The zero-order valence-corrected chi connectivity index (χ0v) is 18.4. The Bertz CT molecular complexity index is 632. The molecule has 10 atom stereocenters. The first kappa shape index (κ1) is 21.9. The van der Waals surface area contributed by atoms with E-state index in [0.29, 0.717) is 23.7 Å². The molecule has 4 fully saturated rings. The van der Waals surface area contributed by atoms with Crippen molar-refractivity contribution >= 4 is 0 Å². The summed E-state index contributed by atoms with van der Waals surface area (Å²) in [6, 6.07) is 0. The largest absolute Gasteiger partial charge is 0.414 e. The summed E-state index contributed by atoms with van der Waals surface area (Å²) >= 11 is 0. The van der Waals surface area contributed by atoms with Crippen LogP contribution in [0.4, 0.5) is 13.2 Å². The maximum Gasteiger partial charge on any atom is 0.414 e. The van der Waals surface area contributed by atoms with E-state index >= 15 is 0 Å². The van der Waals surface area contributed by atoms with Crippen molar-refractivity contribution in [2.45, 2.75) is 103 Å². The molecule has 0 aromatic carbocycles. The predicted octanol–water partition coefficient (Wildman–Crippen LogP) is 5.96. The Labute approximate surface area is 173 Å². The fourth-order valence-electron chi connectivity index (χ4n) is 8.85. The standard InChI is InChI=1S/C24H39F3O2/c1-14(20(28)24(25,26)27)17-7-8-18-16-6-5-15-13-21(2,29)11-12-22(15,3)19(16)9-10-23(17,18)4/h14-20,28-29H,5-13H2,1-4H3/t14-,15+,16-,17+,18-,19-,20-,21-,22-,23+/m0/s1. The van der Waals surface area contributed by atoms with Crippen molar-refractivity contribution in [3.8, 4) is 0 Å². The minimum atomic E-state index is -4.53. The van der Waals surface area contributed by atoms with Crippen LogP contribution in [0.5, 0.6) is 0 Å². The first-order chi connectivity index (χ1) is 13.3. The average Bonchev–Trinajstić information content (AvgIpc) is 2.97. The summed E-state index contributed by atoms with van der Waals surface area (Å²) in [5.41, 5.74) is -0.361. The molecule has 0 amide bonds. The van der Waals surface area contributed by atoms with Gasteiger partial charge in [-0.15, -0.1) is 0 Å². The van der Waals surface area contributed by atoms with Crippen LogP contribution in [0.15, 0.2) is 0 Å². The Morgan fingerprint density at radius 2 is 1.52 bits per heavy atom. The SMILES string of the molecule is C[C@@H]([C@H]1CC[C@H]2[C@@H]3CC[C@@H]4C[C@@](C)(O)CC[C@]4(C)[C@H]3CC[C@]12C)[C@H](O)C(F)(F)F. The average molecular weight is 417 g/mol. The van der Waals surface area contributed by atoms with Gasteiger partial charge in [0, 0.05) is 0 Å². The lowest BCUT2D eigenvalue weighted by Crippen LogP contribution is -2.56. The van der Waals surface area contributed by atoms with Gasteiger partial charge in [-0.3, -0.25) is 0 Å². The van der Waals surface area contributed by atoms with Crippen LogP contribution in [0.3, 0.4) is 0 Å². The van der Waals surface area contributed by atoms with E-state index < -0.39 is 23.8 Å². The van der Waals surface area contributed by atoms with Gasteiger partial charge >= 0.3 is 6.18 Å². The van der Waals surface area contributed by atoms with Crippen LogP contribution in [-0.2, 0) is 0 Å². The highest BCUT2D eigenvalue weighted by molar-refractivity contribution is 5.11. The van der Waals surface area contributed by atoms with Gasteiger partial charge in [0.2, 0.25) is 0 Å². The summed E-state index contributed by atoms with van der Waals surface area (Å²) in [5.74, 6) is 1.49. The third kappa shape index (κ3) is 3.37. The Hall–Kier alpha value is -0.290. The summed E-state index contributed by atoms with van der Waals surface area (Å²) in [6.45, 7) is 8.26.